The molecule has 0 aliphatic carbocycles. The molecule has 2 N–H and O–H groups in total. The third-order valence-corrected chi connectivity index (χ3v) is 6.14. The first-order valence-electron chi connectivity index (χ1n) is 9.92. The number of aromatic nitrogens is 2. The third-order valence-electron chi connectivity index (χ3n) is 4.93. The van der Waals surface area contributed by atoms with Crippen molar-refractivity contribution in [2.45, 2.75) is 13.8 Å². The fraction of sp³-hybridized carbons (Fsp3) is 0.217. The molecule has 0 radical (unpaired) electrons. The lowest BCUT2D eigenvalue weighted by Gasteiger charge is -2.13. The van der Waals surface area contributed by atoms with Gasteiger partial charge in [-0.05, 0) is 43.7 Å². The Labute approximate surface area is 199 Å². The molecule has 3 rings (SSSR count). The van der Waals surface area contributed by atoms with Crippen molar-refractivity contribution in [3.63, 3.8) is 0 Å². The zero-order chi connectivity index (χ0) is 24.3. The molecule has 3 aromatic rings. The van der Waals surface area contributed by atoms with Crippen molar-refractivity contribution in [1.82, 2.24) is 9.13 Å². The van der Waals surface area contributed by atoms with Crippen LogP contribution < -0.4 is 16.6 Å². The molecule has 0 fully saturated rings. The van der Waals surface area contributed by atoms with Gasteiger partial charge in [0, 0.05) is 24.8 Å². The Morgan fingerprint density at radius 2 is 1.76 bits per heavy atom. The van der Waals surface area contributed by atoms with E-state index in [1.165, 1.54) is 14.1 Å². The Morgan fingerprint density at radius 3 is 2.42 bits per heavy atom. The number of aliphatic imine (C=N–C) groups is 1. The summed E-state index contributed by atoms with van der Waals surface area (Å²) in [6.45, 7) is 3.77. The SMILES string of the molecule is Cc1ccc(N=C(SCC(=O)Nc2cc(Cl)ccc2C)c2c(O)n(C)c(=O)n(C)c2=O)cc1. The number of nitrogens with one attached hydrogen (secondary N) is 1. The van der Waals surface area contributed by atoms with Crippen molar-refractivity contribution in [1.29, 1.82) is 0 Å². The van der Waals surface area contributed by atoms with Crippen molar-refractivity contribution >= 4 is 45.7 Å². The summed E-state index contributed by atoms with van der Waals surface area (Å²) in [6, 6.07) is 12.4. The maximum absolute atomic E-state index is 12.8. The van der Waals surface area contributed by atoms with Crippen molar-refractivity contribution in [2.24, 2.45) is 19.1 Å². The molecule has 0 aliphatic heterocycles. The second kappa shape index (κ2) is 10.1. The molecule has 0 bridgehead atoms. The number of carbonyl (C=O) groups excluding carboxylic acids is 1. The van der Waals surface area contributed by atoms with Gasteiger partial charge in [-0.3, -0.25) is 18.7 Å². The number of rotatable bonds is 5. The minimum Gasteiger partial charge on any atom is -0.494 e. The van der Waals surface area contributed by atoms with E-state index in [0.29, 0.717) is 16.4 Å². The van der Waals surface area contributed by atoms with Crippen molar-refractivity contribution < 1.29 is 9.90 Å². The van der Waals surface area contributed by atoms with Crippen molar-refractivity contribution in [3.8, 4) is 5.88 Å². The lowest BCUT2D eigenvalue weighted by atomic mass is 10.2. The number of hydrogen-bond acceptors (Lipinski definition) is 6. The lowest BCUT2D eigenvalue weighted by Crippen LogP contribution is -2.39. The Hall–Kier alpha value is -3.30. The highest BCUT2D eigenvalue weighted by molar-refractivity contribution is 8.15. The summed E-state index contributed by atoms with van der Waals surface area (Å²) >= 11 is 7.00. The number of halogens is 1. The average Bonchev–Trinajstić information content (AvgIpc) is 2.78. The molecule has 2 aromatic carbocycles. The minimum absolute atomic E-state index is 0.0952. The van der Waals surface area contributed by atoms with Crippen LogP contribution in [0.5, 0.6) is 5.88 Å². The van der Waals surface area contributed by atoms with Crippen LogP contribution in [0, 0.1) is 13.8 Å². The first kappa shape index (κ1) is 24.3. The Kier molecular flexibility index (Phi) is 7.45. The van der Waals surface area contributed by atoms with E-state index in [9.17, 15) is 19.5 Å². The summed E-state index contributed by atoms with van der Waals surface area (Å²) in [5.41, 5.74) is 1.44. The van der Waals surface area contributed by atoms with Gasteiger partial charge in [-0.15, -0.1) is 0 Å². The van der Waals surface area contributed by atoms with Gasteiger partial charge in [0.25, 0.3) is 5.56 Å². The maximum atomic E-state index is 12.8. The number of carbonyl (C=O) groups is 1. The number of amides is 1. The smallest absolute Gasteiger partial charge is 0.333 e. The van der Waals surface area contributed by atoms with Crippen LogP contribution in [0.1, 0.15) is 16.7 Å². The normalized spacial score (nSPS) is 11.5. The van der Waals surface area contributed by atoms with Crippen molar-refractivity contribution in [2.75, 3.05) is 11.1 Å². The summed E-state index contributed by atoms with van der Waals surface area (Å²) in [7, 11) is 2.67. The summed E-state index contributed by atoms with van der Waals surface area (Å²) in [6.07, 6.45) is 0. The van der Waals surface area contributed by atoms with Crippen LogP contribution in [0.25, 0.3) is 0 Å². The molecule has 0 saturated heterocycles. The summed E-state index contributed by atoms with van der Waals surface area (Å²) in [4.78, 5) is 42.1. The maximum Gasteiger partial charge on any atom is 0.333 e. The first-order chi connectivity index (χ1) is 15.6. The third kappa shape index (κ3) is 5.55. The predicted octanol–water partition coefficient (Wildman–Crippen LogP) is 3.51. The summed E-state index contributed by atoms with van der Waals surface area (Å²) in [5.74, 6) is -0.960. The van der Waals surface area contributed by atoms with E-state index in [2.05, 4.69) is 10.3 Å². The number of aryl methyl sites for hydroxylation is 2. The fourth-order valence-corrected chi connectivity index (χ4v) is 3.97. The zero-order valence-electron chi connectivity index (χ0n) is 18.5. The summed E-state index contributed by atoms with van der Waals surface area (Å²) < 4.78 is 1.84. The van der Waals surface area contributed by atoms with Gasteiger partial charge in [0.1, 0.15) is 10.6 Å². The average molecular weight is 487 g/mol. The lowest BCUT2D eigenvalue weighted by molar-refractivity contribution is -0.113. The molecule has 33 heavy (non-hydrogen) atoms. The highest BCUT2D eigenvalue weighted by Gasteiger charge is 2.22. The number of hydrogen-bond donors (Lipinski definition) is 2. The molecule has 0 atom stereocenters. The van der Waals surface area contributed by atoms with E-state index in [0.717, 1.165) is 32.0 Å². The molecular formula is C23H23ClN4O4S. The van der Waals surface area contributed by atoms with Gasteiger partial charge in [0.05, 0.1) is 11.4 Å². The molecule has 10 heteroatoms. The van der Waals surface area contributed by atoms with Crippen LogP contribution in [0.15, 0.2) is 57.0 Å². The van der Waals surface area contributed by atoms with E-state index < -0.39 is 17.1 Å². The molecule has 0 saturated carbocycles. The molecule has 0 spiro atoms. The van der Waals surface area contributed by atoms with E-state index in [1.54, 1.807) is 30.3 Å². The molecule has 8 nitrogen and oxygen atoms in total. The highest BCUT2D eigenvalue weighted by atomic mass is 35.5. The number of aromatic hydroxyl groups is 1. The summed E-state index contributed by atoms with van der Waals surface area (Å²) in [5, 5.41) is 14.0. The Balaban J connectivity index is 1.98. The second-order valence-electron chi connectivity index (χ2n) is 7.45. The first-order valence-corrected chi connectivity index (χ1v) is 11.3. The van der Waals surface area contributed by atoms with E-state index in [1.807, 2.05) is 26.0 Å². The number of anilines is 1. The largest absolute Gasteiger partial charge is 0.494 e. The molecular weight excluding hydrogens is 464 g/mol. The molecule has 172 valence electrons. The van der Waals surface area contributed by atoms with Crippen LogP contribution in [0.3, 0.4) is 0 Å². The minimum atomic E-state index is -0.708. The number of benzene rings is 2. The van der Waals surface area contributed by atoms with E-state index in [4.69, 9.17) is 11.6 Å². The highest BCUT2D eigenvalue weighted by Crippen LogP contribution is 2.24. The van der Waals surface area contributed by atoms with Gasteiger partial charge in [0.15, 0.2) is 0 Å². The second-order valence-corrected chi connectivity index (χ2v) is 8.85. The van der Waals surface area contributed by atoms with Crippen LogP contribution in [0.4, 0.5) is 11.4 Å². The topological polar surface area (TPSA) is 106 Å². The Bertz CT molecular complexity index is 1360. The molecule has 1 amide bonds. The van der Waals surface area contributed by atoms with Crippen molar-refractivity contribution in [3.05, 3.63) is 85.0 Å². The fourth-order valence-electron chi connectivity index (χ4n) is 2.97. The monoisotopic (exact) mass is 486 g/mol. The van der Waals surface area contributed by atoms with E-state index >= 15 is 0 Å². The van der Waals surface area contributed by atoms with Crippen LogP contribution in [0.2, 0.25) is 5.02 Å². The van der Waals surface area contributed by atoms with Gasteiger partial charge >= 0.3 is 5.69 Å². The molecule has 0 aliphatic rings. The van der Waals surface area contributed by atoms with Gasteiger partial charge in [0.2, 0.25) is 11.8 Å². The number of nitrogens with zero attached hydrogens (tertiary/aromatic N) is 3. The van der Waals surface area contributed by atoms with Crippen LogP contribution in [-0.2, 0) is 18.9 Å². The number of thioether (sulfide) groups is 1. The quantitative estimate of drug-likeness (QED) is 0.424. The van der Waals surface area contributed by atoms with Crippen LogP contribution in [-0.4, -0.2) is 30.9 Å². The molecule has 0 unspecified atom stereocenters. The molecule has 1 heterocycles. The van der Waals surface area contributed by atoms with Gasteiger partial charge < -0.3 is 10.4 Å². The van der Waals surface area contributed by atoms with Gasteiger partial charge in [-0.25, -0.2) is 9.79 Å². The van der Waals surface area contributed by atoms with Gasteiger partial charge in [-0.2, -0.15) is 0 Å². The van der Waals surface area contributed by atoms with Gasteiger partial charge in [-0.1, -0.05) is 47.1 Å². The van der Waals surface area contributed by atoms with Crippen LogP contribution >= 0.6 is 23.4 Å². The Morgan fingerprint density at radius 1 is 1.09 bits per heavy atom. The zero-order valence-corrected chi connectivity index (χ0v) is 20.1. The predicted molar refractivity (Wildman–Crippen MR) is 133 cm³/mol. The van der Waals surface area contributed by atoms with E-state index in [-0.39, 0.29) is 22.3 Å². The molecule has 1 aromatic heterocycles. The standard InChI is InChI=1S/C23H23ClN4O4S/c1-13-5-9-16(10-6-13)25-20(19-21(30)27(3)23(32)28(4)22(19)31)33-12-18(29)26-17-11-15(24)8-7-14(17)2/h5-11,30H,12H2,1-4H3,(H,26,29).